The van der Waals surface area contributed by atoms with Crippen molar-refractivity contribution in [1.29, 1.82) is 0 Å². The van der Waals surface area contributed by atoms with E-state index >= 15 is 0 Å². The number of hydrogen-bond donors (Lipinski definition) is 1. The van der Waals surface area contributed by atoms with Crippen LogP contribution < -0.4 is 10.2 Å². The van der Waals surface area contributed by atoms with Gasteiger partial charge in [0.2, 0.25) is 5.91 Å². The Kier molecular flexibility index (Phi) is 7.77. The molecule has 1 saturated heterocycles. The van der Waals surface area contributed by atoms with Gasteiger partial charge in [0.05, 0.1) is 21.5 Å². The summed E-state index contributed by atoms with van der Waals surface area (Å²) in [4.78, 5) is 49.7. The minimum Gasteiger partial charge on any atom is -0.368 e. The molecule has 0 bridgehead atoms. The van der Waals surface area contributed by atoms with E-state index in [1.54, 1.807) is 12.1 Å². The van der Waals surface area contributed by atoms with E-state index in [2.05, 4.69) is 10.2 Å². The second-order valence-electron chi connectivity index (χ2n) is 8.08. The molecular formula is C23H27N5O6. The summed E-state index contributed by atoms with van der Waals surface area (Å²) in [7, 11) is 0. The van der Waals surface area contributed by atoms with Gasteiger partial charge in [-0.25, -0.2) is 0 Å². The van der Waals surface area contributed by atoms with Gasteiger partial charge in [-0.2, -0.15) is 0 Å². The summed E-state index contributed by atoms with van der Waals surface area (Å²) in [5, 5.41) is 24.7. The first-order chi connectivity index (χ1) is 16.2. The van der Waals surface area contributed by atoms with Crippen molar-refractivity contribution in [2.45, 2.75) is 26.7 Å². The van der Waals surface area contributed by atoms with Crippen LogP contribution in [0.15, 0.2) is 42.5 Å². The number of nitro benzene ring substituents is 2. The maximum atomic E-state index is 12.6. The molecule has 180 valence electrons. The lowest BCUT2D eigenvalue weighted by Crippen LogP contribution is -2.50. The highest BCUT2D eigenvalue weighted by atomic mass is 16.6. The van der Waals surface area contributed by atoms with Gasteiger partial charge in [-0.15, -0.1) is 0 Å². The Morgan fingerprint density at radius 1 is 0.912 bits per heavy atom. The van der Waals surface area contributed by atoms with Crippen LogP contribution in [0.4, 0.5) is 22.7 Å². The highest BCUT2D eigenvalue weighted by Gasteiger charge is 2.25. The van der Waals surface area contributed by atoms with Crippen LogP contribution in [-0.4, -0.2) is 52.7 Å². The third kappa shape index (κ3) is 5.66. The van der Waals surface area contributed by atoms with Crippen LogP contribution in [0.5, 0.6) is 0 Å². The van der Waals surface area contributed by atoms with Crippen molar-refractivity contribution in [3.05, 3.63) is 68.3 Å². The van der Waals surface area contributed by atoms with E-state index in [1.165, 1.54) is 0 Å². The third-order valence-corrected chi connectivity index (χ3v) is 6.00. The van der Waals surface area contributed by atoms with Gasteiger partial charge in [0.15, 0.2) is 0 Å². The predicted molar refractivity (Wildman–Crippen MR) is 127 cm³/mol. The number of nitro groups is 2. The van der Waals surface area contributed by atoms with E-state index in [0.717, 1.165) is 36.7 Å². The first-order valence-corrected chi connectivity index (χ1v) is 11.1. The second-order valence-corrected chi connectivity index (χ2v) is 8.08. The molecule has 2 aromatic carbocycles. The third-order valence-electron chi connectivity index (χ3n) is 6.00. The Bertz CT molecular complexity index is 1040. The number of amides is 2. The number of nitrogens with zero attached hydrogens (tertiary/aromatic N) is 4. The molecule has 1 aliphatic heterocycles. The molecule has 0 aliphatic carbocycles. The average Bonchev–Trinajstić information content (AvgIpc) is 2.85. The van der Waals surface area contributed by atoms with E-state index in [1.807, 2.05) is 30.9 Å². The van der Waals surface area contributed by atoms with E-state index in [4.69, 9.17) is 0 Å². The van der Waals surface area contributed by atoms with Crippen molar-refractivity contribution in [1.82, 2.24) is 4.90 Å². The Balaban J connectivity index is 1.64. The normalized spacial score (nSPS) is 13.6. The Morgan fingerprint density at radius 2 is 1.44 bits per heavy atom. The number of piperazine rings is 1. The molecule has 0 radical (unpaired) electrons. The molecule has 1 heterocycles. The number of non-ortho nitro benzene ring substituents is 2. The predicted octanol–water partition coefficient (Wildman–Crippen LogP) is 3.84. The van der Waals surface area contributed by atoms with Gasteiger partial charge in [0.25, 0.3) is 17.3 Å². The van der Waals surface area contributed by atoms with E-state index in [0.29, 0.717) is 31.9 Å². The van der Waals surface area contributed by atoms with Crippen LogP contribution in [0.25, 0.3) is 0 Å². The van der Waals surface area contributed by atoms with Gasteiger partial charge in [-0.3, -0.25) is 29.8 Å². The summed E-state index contributed by atoms with van der Waals surface area (Å²) < 4.78 is 0. The minimum atomic E-state index is -0.781. The number of benzene rings is 2. The molecule has 0 aromatic heterocycles. The number of nitrogens with one attached hydrogen (secondary N) is 1. The summed E-state index contributed by atoms with van der Waals surface area (Å²) in [5.74, 6) is -0.404. The molecule has 1 fully saturated rings. The topological polar surface area (TPSA) is 139 Å². The number of anilines is 2. The van der Waals surface area contributed by atoms with E-state index in [9.17, 15) is 29.8 Å². The molecule has 2 amide bonds. The van der Waals surface area contributed by atoms with Gasteiger partial charge in [0, 0.05) is 55.6 Å². The zero-order chi connectivity index (χ0) is 24.8. The summed E-state index contributed by atoms with van der Waals surface area (Å²) >= 11 is 0. The molecule has 1 aliphatic rings. The van der Waals surface area contributed by atoms with Crippen LogP contribution in [0, 0.1) is 26.1 Å². The maximum absolute atomic E-state index is 12.6. The van der Waals surface area contributed by atoms with Crippen molar-refractivity contribution >= 4 is 34.6 Å². The molecule has 3 rings (SSSR count). The van der Waals surface area contributed by atoms with Crippen molar-refractivity contribution in [2.24, 2.45) is 5.92 Å². The first-order valence-electron chi connectivity index (χ1n) is 11.1. The van der Waals surface area contributed by atoms with Crippen LogP contribution in [0.2, 0.25) is 0 Å². The summed E-state index contributed by atoms with van der Waals surface area (Å²) in [6, 6.07) is 9.87. The Hall–Kier alpha value is -4.02. The van der Waals surface area contributed by atoms with E-state index in [-0.39, 0.29) is 17.4 Å². The van der Waals surface area contributed by atoms with Gasteiger partial charge >= 0.3 is 0 Å². The smallest absolute Gasteiger partial charge is 0.277 e. The second kappa shape index (κ2) is 10.7. The van der Waals surface area contributed by atoms with Gasteiger partial charge in [0.1, 0.15) is 0 Å². The summed E-state index contributed by atoms with van der Waals surface area (Å²) in [5.41, 5.74) is 0.153. The zero-order valence-corrected chi connectivity index (χ0v) is 19.1. The lowest BCUT2D eigenvalue weighted by Gasteiger charge is -2.37. The number of carbonyl (C=O) groups is 2. The molecule has 0 atom stereocenters. The molecule has 1 N–H and O–H groups in total. The Morgan fingerprint density at radius 3 is 1.91 bits per heavy atom. The zero-order valence-electron chi connectivity index (χ0n) is 19.1. The van der Waals surface area contributed by atoms with Crippen molar-refractivity contribution in [3.63, 3.8) is 0 Å². The largest absolute Gasteiger partial charge is 0.368 e. The number of rotatable bonds is 8. The van der Waals surface area contributed by atoms with Gasteiger partial charge < -0.3 is 15.1 Å². The minimum absolute atomic E-state index is 0.0712. The highest BCUT2D eigenvalue weighted by molar-refractivity contribution is 6.05. The molecule has 11 heteroatoms. The quantitative estimate of drug-likeness (QED) is 0.458. The summed E-state index contributed by atoms with van der Waals surface area (Å²) in [6.45, 7) is 6.77. The molecule has 34 heavy (non-hydrogen) atoms. The molecule has 0 unspecified atom stereocenters. The van der Waals surface area contributed by atoms with Gasteiger partial charge in [-0.05, 0) is 37.1 Å². The van der Waals surface area contributed by atoms with Crippen molar-refractivity contribution in [2.75, 3.05) is 36.4 Å². The van der Waals surface area contributed by atoms with Crippen LogP contribution in [0.1, 0.15) is 37.0 Å². The molecule has 0 saturated carbocycles. The van der Waals surface area contributed by atoms with Crippen LogP contribution in [-0.2, 0) is 4.79 Å². The standard InChI is InChI=1S/C23H27N5O6/c1-3-16(4-2)23(30)26-11-9-25(10-12-26)19-7-5-18(6-8-19)24-22(29)17-13-20(27(31)32)15-21(14-17)28(33)34/h5-8,13-16H,3-4,9-12H2,1-2H3,(H,24,29). The average molecular weight is 469 g/mol. The fraction of sp³-hybridized carbons (Fsp3) is 0.391. The Labute approximate surface area is 196 Å². The fourth-order valence-electron chi connectivity index (χ4n) is 3.98. The number of hydrogen-bond acceptors (Lipinski definition) is 7. The van der Waals surface area contributed by atoms with Gasteiger partial charge in [-0.1, -0.05) is 13.8 Å². The van der Waals surface area contributed by atoms with Crippen LogP contribution in [0.3, 0.4) is 0 Å². The molecule has 11 nitrogen and oxygen atoms in total. The molecular weight excluding hydrogens is 442 g/mol. The van der Waals surface area contributed by atoms with Crippen molar-refractivity contribution in [3.8, 4) is 0 Å². The monoisotopic (exact) mass is 469 g/mol. The fourth-order valence-corrected chi connectivity index (χ4v) is 3.98. The van der Waals surface area contributed by atoms with E-state index < -0.39 is 27.1 Å². The lowest BCUT2D eigenvalue weighted by atomic mass is 10.0. The highest BCUT2D eigenvalue weighted by Crippen LogP contribution is 2.25. The number of carbonyl (C=O) groups excluding carboxylic acids is 2. The molecule has 2 aromatic rings. The van der Waals surface area contributed by atoms with Crippen LogP contribution >= 0.6 is 0 Å². The lowest BCUT2D eigenvalue weighted by molar-refractivity contribution is -0.394. The first kappa shape index (κ1) is 24.6. The summed E-state index contributed by atoms with van der Waals surface area (Å²) in [6.07, 6.45) is 1.68. The SMILES string of the molecule is CCC(CC)C(=O)N1CCN(c2ccc(NC(=O)c3cc([N+](=O)[O-])cc([N+](=O)[O-])c3)cc2)CC1. The molecule has 0 spiro atoms. The maximum Gasteiger partial charge on any atom is 0.277 e. The van der Waals surface area contributed by atoms with Crippen molar-refractivity contribution < 1.29 is 19.4 Å².